The largest absolute Gasteiger partial charge is 0.497 e. The number of carbonyl (C=O) groups excluding carboxylic acids is 1. The van der Waals surface area contributed by atoms with E-state index in [4.69, 9.17) is 9.72 Å². The minimum absolute atomic E-state index is 0.0246. The molecule has 0 aliphatic heterocycles. The fourth-order valence-electron chi connectivity index (χ4n) is 3.67. The van der Waals surface area contributed by atoms with Crippen LogP contribution in [0.5, 0.6) is 5.75 Å². The van der Waals surface area contributed by atoms with Crippen molar-refractivity contribution in [2.24, 2.45) is 5.92 Å². The average Bonchev–Trinajstić information content (AvgIpc) is 3.41. The molecule has 4 aromatic rings. The molecule has 8 nitrogen and oxygen atoms in total. The van der Waals surface area contributed by atoms with E-state index in [1.165, 1.54) is 23.5 Å². The third kappa shape index (κ3) is 6.50. The lowest BCUT2D eigenvalue weighted by Crippen LogP contribution is -2.27. The molecule has 1 heterocycles. The van der Waals surface area contributed by atoms with Crippen molar-refractivity contribution in [2.45, 2.75) is 20.4 Å². The van der Waals surface area contributed by atoms with Crippen LogP contribution in [0.4, 0.5) is 16.5 Å². The van der Waals surface area contributed by atoms with E-state index in [0.717, 1.165) is 22.1 Å². The summed E-state index contributed by atoms with van der Waals surface area (Å²) in [5, 5.41) is 16.8. The van der Waals surface area contributed by atoms with E-state index in [1.54, 1.807) is 13.2 Å². The highest BCUT2D eigenvalue weighted by molar-refractivity contribution is 7.14. The van der Waals surface area contributed by atoms with Gasteiger partial charge in [-0.3, -0.25) is 14.9 Å². The zero-order chi connectivity index (χ0) is 26.4. The molecule has 1 N–H and O–H groups in total. The van der Waals surface area contributed by atoms with E-state index >= 15 is 0 Å². The van der Waals surface area contributed by atoms with Gasteiger partial charge in [0, 0.05) is 40.9 Å². The number of rotatable bonds is 10. The number of nitro groups is 1. The molecule has 0 atom stereocenters. The maximum atomic E-state index is 12.4. The monoisotopic (exact) mass is 516 g/mol. The highest BCUT2D eigenvalue weighted by Gasteiger charge is 2.17. The van der Waals surface area contributed by atoms with Crippen LogP contribution >= 0.6 is 11.3 Å². The summed E-state index contributed by atoms with van der Waals surface area (Å²) in [5.74, 6) is 1.04. The van der Waals surface area contributed by atoms with Gasteiger partial charge in [-0.25, -0.2) is 4.98 Å². The van der Waals surface area contributed by atoms with Crippen LogP contribution in [-0.2, 0) is 6.54 Å². The molecule has 0 unspecified atom stereocenters. The number of nitrogens with zero attached hydrogens (tertiary/aromatic N) is 3. The Bertz CT molecular complexity index is 1370. The van der Waals surface area contributed by atoms with Gasteiger partial charge < -0.3 is 15.0 Å². The van der Waals surface area contributed by atoms with Crippen molar-refractivity contribution >= 4 is 33.8 Å². The Morgan fingerprint density at radius 3 is 2.49 bits per heavy atom. The Balaban J connectivity index is 1.61. The second-order valence-electron chi connectivity index (χ2n) is 8.91. The highest BCUT2D eigenvalue weighted by Crippen LogP contribution is 2.35. The SMILES string of the molecule is COc1ccc(N(Cc2ccc(C(=O)NCC(C)C)cc2)c2nc(-c3cccc([N+](=O)[O-])c3)cs2)cc1. The first-order valence-electron chi connectivity index (χ1n) is 11.8. The van der Waals surface area contributed by atoms with E-state index in [1.807, 2.05) is 60.0 Å². The van der Waals surface area contributed by atoms with Crippen LogP contribution in [0, 0.1) is 16.0 Å². The van der Waals surface area contributed by atoms with Crippen LogP contribution in [-0.4, -0.2) is 29.5 Å². The van der Waals surface area contributed by atoms with Crippen molar-refractivity contribution in [2.75, 3.05) is 18.6 Å². The topological polar surface area (TPSA) is 97.6 Å². The van der Waals surface area contributed by atoms with Crippen LogP contribution in [0.1, 0.15) is 29.8 Å². The quantitative estimate of drug-likeness (QED) is 0.192. The summed E-state index contributed by atoms with van der Waals surface area (Å²) in [7, 11) is 1.62. The summed E-state index contributed by atoms with van der Waals surface area (Å²) in [6, 6.07) is 21.7. The van der Waals surface area contributed by atoms with Crippen molar-refractivity contribution < 1.29 is 14.5 Å². The lowest BCUT2D eigenvalue weighted by molar-refractivity contribution is -0.384. The van der Waals surface area contributed by atoms with Gasteiger partial charge in [-0.1, -0.05) is 38.1 Å². The number of nitro benzene ring substituents is 1. The van der Waals surface area contributed by atoms with Crippen molar-refractivity contribution in [3.05, 3.63) is 99.4 Å². The van der Waals surface area contributed by atoms with E-state index in [-0.39, 0.29) is 11.6 Å². The predicted octanol–water partition coefficient (Wildman–Crippen LogP) is 6.45. The Labute approximate surface area is 219 Å². The van der Waals surface area contributed by atoms with E-state index in [2.05, 4.69) is 24.1 Å². The third-order valence-corrected chi connectivity index (χ3v) is 6.55. The average molecular weight is 517 g/mol. The lowest BCUT2D eigenvalue weighted by atomic mass is 10.1. The molecule has 3 aromatic carbocycles. The van der Waals surface area contributed by atoms with Gasteiger partial charge in [0.1, 0.15) is 5.75 Å². The number of hydrogen-bond donors (Lipinski definition) is 1. The number of amides is 1. The molecule has 0 fully saturated rings. The minimum Gasteiger partial charge on any atom is -0.497 e. The summed E-state index contributed by atoms with van der Waals surface area (Å²) in [6.45, 7) is 5.26. The Hall–Kier alpha value is -4.24. The van der Waals surface area contributed by atoms with Gasteiger partial charge >= 0.3 is 0 Å². The van der Waals surface area contributed by atoms with Crippen LogP contribution in [0.2, 0.25) is 0 Å². The second kappa shape index (κ2) is 11.7. The summed E-state index contributed by atoms with van der Waals surface area (Å²) < 4.78 is 5.31. The van der Waals surface area contributed by atoms with Gasteiger partial charge in [-0.2, -0.15) is 0 Å². The number of carbonyl (C=O) groups is 1. The van der Waals surface area contributed by atoms with Crippen LogP contribution in [0.25, 0.3) is 11.3 Å². The van der Waals surface area contributed by atoms with Crippen LogP contribution in [0.15, 0.2) is 78.2 Å². The molecule has 4 rings (SSSR count). The van der Waals surface area contributed by atoms with Crippen LogP contribution < -0.4 is 15.0 Å². The molecule has 0 spiro atoms. The van der Waals surface area contributed by atoms with Crippen molar-refractivity contribution in [3.8, 4) is 17.0 Å². The molecule has 0 saturated heterocycles. The lowest BCUT2D eigenvalue weighted by Gasteiger charge is -2.22. The number of non-ortho nitro benzene ring substituents is 1. The first kappa shape index (κ1) is 25.8. The first-order chi connectivity index (χ1) is 17.8. The number of thiazole rings is 1. The Kier molecular flexibility index (Phi) is 8.15. The number of nitrogens with one attached hydrogen (secondary N) is 1. The summed E-state index contributed by atoms with van der Waals surface area (Å²) in [5.41, 5.74) is 3.91. The third-order valence-electron chi connectivity index (χ3n) is 5.69. The molecule has 0 aliphatic carbocycles. The number of aromatic nitrogens is 1. The molecule has 0 aliphatic rings. The van der Waals surface area contributed by atoms with Crippen LogP contribution in [0.3, 0.4) is 0 Å². The molecule has 190 valence electrons. The van der Waals surface area contributed by atoms with Gasteiger partial charge in [-0.15, -0.1) is 11.3 Å². The zero-order valence-corrected chi connectivity index (χ0v) is 21.7. The number of ether oxygens (including phenoxy) is 1. The fourth-order valence-corrected chi connectivity index (χ4v) is 4.53. The maximum absolute atomic E-state index is 12.4. The summed E-state index contributed by atoms with van der Waals surface area (Å²) in [6.07, 6.45) is 0. The standard InChI is InChI=1S/C28H28N4O4S/c1-19(2)16-29-27(33)21-9-7-20(8-10-21)17-31(23-11-13-25(36-3)14-12-23)28-30-26(18-37-28)22-5-4-6-24(15-22)32(34)35/h4-15,18-19H,16-17H2,1-3H3,(H,29,33). The molecule has 37 heavy (non-hydrogen) atoms. The molecular formula is C28H28N4O4S. The zero-order valence-electron chi connectivity index (χ0n) is 20.9. The number of benzene rings is 3. The maximum Gasteiger partial charge on any atom is 0.270 e. The molecule has 0 radical (unpaired) electrons. The Morgan fingerprint density at radius 2 is 1.84 bits per heavy atom. The number of hydrogen-bond acceptors (Lipinski definition) is 7. The normalized spacial score (nSPS) is 10.8. The van der Waals surface area contributed by atoms with Gasteiger partial charge in [0.15, 0.2) is 5.13 Å². The molecule has 1 amide bonds. The van der Waals surface area contributed by atoms with Gasteiger partial charge in [-0.05, 0) is 47.9 Å². The molecule has 0 saturated carbocycles. The molecule has 9 heteroatoms. The van der Waals surface area contributed by atoms with Gasteiger partial charge in [0.05, 0.1) is 24.3 Å². The molecular weight excluding hydrogens is 488 g/mol. The highest BCUT2D eigenvalue weighted by atomic mass is 32.1. The second-order valence-corrected chi connectivity index (χ2v) is 9.74. The van der Waals surface area contributed by atoms with Crippen molar-refractivity contribution in [1.29, 1.82) is 0 Å². The van der Waals surface area contributed by atoms with E-state index in [9.17, 15) is 14.9 Å². The smallest absolute Gasteiger partial charge is 0.270 e. The number of methoxy groups -OCH3 is 1. The Morgan fingerprint density at radius 1 is 1.11 bits per heavy atom. The minimum atomic E-state index is -0.410. The van der Waals surface area contributed by atoms with Crippen molar-refractivity contribution in [3.63, 3.8) is 0 Å². The van der Waals surface area contributed by atoms with E-state index in [0.29, 0.717) is 35.8 Å². The van der Waals surface area contributed by atoms with Crippen molar-refractivity contribution in [1.82, 2.24) is 10.3 Å². The summed E-state index contributed by atoms with van der Waals surface area (Å²) >= 11 is 1.46. The first-order valence-corrected chi connectivity index (χ1v) is 12.7. The fraction of sp³-hybridized carbons (Fsp3) is 0.214. The van der Waals surface area contributed by atoms with Gasteiger partial charge in [0.2, 0.25) is 0 Å². The predicted molar refractivity (Wildman–Crippen MR) is 147 cm³/mol. The summed E-state index contributed by atoms with van der Waals surface area (Å²) in [4.78, 5) is 30.1. The molecule has 0 bridgehead atoms. The number of anilines is 2. The van der Waals surface area contributed by atoms with E-state index < -0.39 is 4.92 Å². The molecule has 1 aromatic heterocycles. The van der Waals surface area contributed by atoms with Gasteiger partial charge in [0.25, 0.3) is 11.6 Å².